The van der Waals surface area contributed by atoms with Crippen molar-refractivity contribution in [2.75, 3.05) is 32.8 Å². The van der Waals surface area contributed by atoms with Gasteiger partial charge in [-0.1, -0.05) is 20.8 Å². The van der Waals surface area contributed by atoms with E-state index < -0.39 is 16.5 Å². The first-order valence-corrected chi connectivity index (χ1v) is 8.79. The molecule has 29 heavy (non-hydrogen) atoms. The monoisotopic (exact) mass is 404 g/mol. The molecule has 1 heterocycles. The lowest BCUT2D eigenvalue weighted by molar-refractivity contribution is -0.385. The number of nitrogens with one attached hydrogen (secondary N) is 1. The topological polar surface area (TPSA) is 126 Å². The summed E-state index contributed by atoms with van der Waals surface area (Å²) in [6.45, 7) is 6.36. The fraction of sp³-hybridized carbons (Fsp3) is 0.421. The largest absolute Gasteiger partial charge is 0.493 e. The molecule has 0 saturated carbocycles. The highest BCUT2D eigenvalue weighted by Gasteiger charge is 2.25. The molecule has 2 aromatic rings. The van der Waals surface area contributed by atoms with Crippen LogP contribution in [0.1, 0.15) is 37.0 Å². The van der Waals surface area contributed by atoms with Crippen LogP contribution in [0.3, 0.4) is 0 Å². The number of amides is 1. The molecule has 0 radical (unpaired) electrons. The van der Waals surface area contributed by atoms with Crippen molar-refractivity contribution in [1.82, 2.24) is 9.97 Å². The van der Waals surface area contributed by atoms with E-state index in [1.54, 1.807) is 0 Å². The number of benzene rings is 1. The minimum Gasteiger partial charge on any atom is -0.493 e. The van der Waals surface area contributed by atoms with Crippen LogP contribution in [0.2, 0.25) is 0 Å². The summed E-state index contributed by atoms with van der Waals surface area (Å²) in [6.07, 6.45) is 2.91. The van der Waals surface area contributed by atoms with Gasteiger partial charge in [-0.2, -0.15) is 0 Å². The molecule has 0 spiro atoms. The van der Waals surface area contributed by atoms with Gasteiger partial charge < -0.3 is 19.5 Å². The molecule has 0 aliphatic rings. The van der Waals surface area contributed by atoms with Gasteiger partial charge in [0.25, 0.3) is 11.6 Å². The van der Waals surface area contributed by atoms with E-state index in [0.29, 0.717) is 18.1 Å². The molecule has 0 saturated heterocycles. The molecule has 1 aromatic carbocycles. The summed E-state index contributed by atoms with van der Waals surface area (Å²) < 4.78 is 15.6. The van der Waals surface area contributed by atoms with Crippen molar-refractivity contribution in [2.45, 2.75) is 26.2 Å². The molecule has 0 bridgehead atoms. The maximum Gasteiger partial charge on any atom is 0.286 e. The summed E-state index contributed by atoms with van der Waals surface area (Å²) in [7, 11) is 2.89. The Kier molecular flexibility index (Phi) is 7.05. The third-order valence-electron chi connectivity index (χ3n) is 3.85. The van der Waals surface area contributed by atoms with Crippen molar-refractivity contribution in [3.05, 3.63) is 46.0 Å². The Labute approximate surface area is 168 Å². The van der Waals surface area contributed by atoms with E-state index in [-0.39, 0.29) is 29.1 Å². The van der Waals surface area contributed by atoms with Crippen LogP contribution in [0, 0.1) is 10.1 Å². The van der Waals surface area contributed by atoms with Gasteiger partial charge in [-0.05, 0) is 0 Å². The number of rotatable bonds is 8. The van der Waals surface area contributed by atoms with Crippen molar-refractivity contribution in [3.63, 3.8) is 0 Å². The number of anilines is 1. The van der Waals surface area contributed by atoms with Crippen LogP contribution in [-0.2, 0) is 10.2 Å². The van der Waals surface area contributed by atoms with Crippen molar-refractivity contribution < 1.29 is 23.9 Å². The third kappa shape index (κ3) is 5.61. The average molecular weight is 404 g/mol. The number of hydrogen-bond acceptors (Lipinski definition) is 8. The van der Waals surface area contributed by atoms with Crippen LogP contribution >= 0.6 is 0 Å². The van der Waals surface area contributed by atoms with Gasteiger partial charge in [-0.15, -0.1) is 0 Å². The third-order valence-corrected chi connectivity index (χ3v) is 3.85. The summed E-state index contributed by atoms with van der Waals surface area (Å²) in [5.74, 6) is 0.258. The SMILES string of the molecule is COCCOc1cc([N+](=O)[O-])c(C(=O)Nc2cnc(C(C)(C)C)nc2)cc1OC. The van der Waals surface area contributed by atoms with Crippen LogP contribution < -0.4 is 14.8 Å². The summed E-state index contributed by atoms with van der Waals surface area (Å²) in [6, 6.07) is 2.42. The molecule has 0 fully saturated rings. The normalized spacial score (nSPS) is 11.1. The number of ether oxygens (including phenoxy) is 3. The Morgan fingerprint density at radius 3 is 2.31 bits per heavy atom. The lowest BCUT2D eigenvalue weighted by Gasteiger charge is -2.16. The molecule has 2 rings (SSSR count). The predicted molar refractivity (Wildman–Crippen MR) is 106 cm³/mol. The summed E-state index contributed by atoms with van der Waals surface area (Å²) in [5, 5.41) is 14.1. The van der Waals surface area contributed by atoms with E-state index in [1.165, 1.54) is 32.7 Å². The molecule has 10 nitrogen and oxygen atoms in total. The Morgan fingerprint density at radius 1 is 1.14 bits per heavy atom. The van der Waals surface area contributed by atoms with Crippen molar-refractivity contribution in [3.8, 4) is 11.5 Å². The van der Waals surface area contributed by atoms with Gasteiger partial charge >= 0.3 is 0 Å². The van der Waals surface area contributed by atoms with Crippen LogP contribution in [0.15, 0.2) is 24.5 Å². The van der Waals surface area contributed by atoms with Crippen molar-refractivity contribution in [1.29, 1.82) is 0 Å². The number of aromatic nitrogens is 2. The van der Waals surface area contributed by atoms with Gasteiger partial charge in [0.15, 0.2) is 11.5 Å². The fourth-order valence-corrected chi connectivity index (χ4v) is 2.37. The predicted octanol–water partition coefficient (Wildman–Crippen LogP) is 2.97. The molecule has 1 N–H and O–H groups in total. The molecule has 0 aliphatic carbocycles. The first kappa shape index (κ1) is 22.0. The zero-order valence-corrected chi connectivity index (χ0v) is 17.0. The highest BCUT2D eigenvalue weighted by atomic mass is 16.6. The molecular weight excluding hydrogens is 380 g/mol. The number of nitro benzene ring substituents is 1. The molecule has 1 amide bonds. The van der Waals surface area contributed by atoms with Gasteiger partial charge in [-0.3, -0.25) is 14.9 Å². The van der Waals surface area contributed by atoms with Crippen LogP contribution in [0.25, 0.3) is 0 Å². The number of methoxy groups -OCH3 is 2. The quantitative estimate of drug-likeness (QED) is 0.404. The number of carbonyl (C=O) groups is 1. The summed E-state index contributed by atoms with van der Waals surface area (Å²) in [4.78, 5) is 32.0. The molecule has 0 aliphatic heterocycles. The minimum atomic E-state index is -0.689. The Balaban J connectivity index is 2.31. The number of nitrogens with zero attached hydrogens (tertiary/aromatic N) is 3. The van der Waals surface area contributed by atoms with Crippen LogP contribution in [0.4, 0.5) is 11.4 Å². The number of carbonyl (C=O) groups excluding carboxylic acids is 1. The average Bonchev–Trinajstić information content (AvgIpc) is 2.67. The maximum absolute atomic E-state index is 12.7. The van der Waals surface area contributed by atoms with E-state index >= 15 is 0 Å². The highest BCUT2D eigenvalue weighted by Crippen LogP contribution is 2.35. The van der Waals surface area contributed by atoms with Gasteiger partial charge in [0.05, 0.1) is 42.8 Å². The van der Waals surface area contributed by atoms with Crippen LogP contribution in [-0.4, -0.2) is 48.2 Å². The van der Waals surface area contributed by atoms with Gasteiger partial charge in [-0.25, -0.2) is 9.97 Å². The highest BCUT2D eigenvalue weighted by molar-refractivity contribution is 6.07. The second-order valence-electron chi connectivity index (χ2n) is 7.12. The molecular formula is C19H24N4O6. The lowest BCUT2D eigenvalue weighted by Crippen LogP contribution is -2.18. The first-order valence-electron chi connectivity index (χ1n) is 8.79. The first-order chi connectivity index (χ1) is 13.7. The molecule has 10 heteroatoms. The number of nitro groups is 1. The van der Waals surface area contributed by atoms with E-state index in [1.807, 2.05) is 20.8 Å². The number of hydrogen-bond donors (Lipinski definition) is 1. The van der Waals surface area contributed by atoms with Gasteiger partial charge in [0.2, 0.25) is 0 Å². The Hall–Kier alpha value is -3.27. The zero-order valence-electron chi connectivity index (χ0n) is 17.0. The van der Waals surface area contributed by atoms with Gasteiger partial charge in [0, 0.05) is 18.6 Å². The Bertz CT molecular complexity index is 878. The van der Waals surface area contributed by atoms with E-state index in [2.05, 4.69) is 15.3 Å². The van der Waals surface area contributed by atoms with Crippen molar-refractivity contribution >= 4 is 17.3 Å². The minimum absolute atomic E-state index is 0.144. The van der Waals surface area contributed by atoms with E-state index in [0.717, 1.165) is 6.07 Å². The van der Waals surface area contributed by atoms with Crippen molar-refractivity contribution in [2.24, 2.45) is 0 Å². The molecule has 0 unspecified atom stereocenters. The summed E-state index contributed by atoms with van der Waals surface area (Å²) in [5.41, 5.74) is -0.515. The second-order valence-corrected chi connectivity index (χ2v) is 7.12. The standard InChI is InChI=1S/C19H24N4O6/c1-19(2,3)18-20-10-12(11-21-18)22-17(24)13-8-15(28-5)16(29-7-6-27-4)9-14(13)23(25)26/h8-11H,6-7H2,1-5H3,(H,22,24). The second kappa shape index (κ2) is 9.28. The Morgan fingerprint density at radius 2 is 1.79 bits per heavy atom. The smallest absolute Gasteiger partial charge is 0.286 e. The molecule has 156 valence electrons. The lowest BCUT2D eigenvalue weighted by atomic mass is 9.96. The van der Waals surface area contributed by atoms with Gasteiger partial charge in [0.1, 0.15) is 18.0 Å². The zero-order chi connectivity index (χ0) is 21.6. The molecule has 1 aromatic heterocycles. The van der Waals surface area contributed by atoms with Crippen LogP contribution in [0.5, 0.6) is 11.5 Å². The maximum atomic E-state index is 12.7. The van der Waals surface area contributed by atoms with E-state index in [9.17, 15) is 14.9 Å². The summed E-state index contributed by atoms with van der Waals surface area (Å²) >= 11 is 0. The van der Waals surface area contributed by atoms with E-state index in [4.69, 9.17) is 14.2 Å². The molecule has 0 atom stereocenters. The fourth-order valence-electron chi connectivity index (χ4n) is 2.37.